The molecule has 0 atom stereocenters. The van der Waals surface area contributed by atoms with E-state index < -0.39 is 5.41 Å². The van der Waals surface area contributed by atoms with Crippen molar-refractivity contribution < 1.29 is 0 Å². The molecule has 0 amide bonds. The predicted octanol–water partition coefficient (Wildman–Crippen LogP) is 16.9. The largest absolute Gasteiger partial charge is 0.310 e. The number of hydrogen-bond acceptors (Lipinski definition) is 3. The topological polar surface area (TPSA) is 3.24 Å². The Kier molecular flexibility index (Phi) is 8.84. The standard InChI is InChI=1S/C59H39NS2/c1-3-15-41(16-4-1)55-37-38-56(61-55)42-31-35-46(36-32-42)60(45-33-29-40(30-34-45)48-24-14-25-52-51-23-9-12-28-57(51)62-58(48)52)47-20-13-19-44(39-47)59(43-17-5-2-6-18-43)53-26-10-7-21-49(53)50-22-8-11-27-54(50)59/h1-39H. The third-order valence-corrected chi connectivity index (χ3v) is 15.0. The maximum atomic E-state index is 2.43. The average Bonchev–Trinajstić information content (AvgIpc) is 4.07. The van der Waals surface area contributed by atoms with Gasteiger partial charge in [0.2, 0.25) is 0 Å². The molecule has 0 fully saturated rings. The van der Waals surface area contributed by atoms with Crippen molar-refractivity contribution in [1.29, 1.82) is 0 Å². The molecule has 12 rings (SSSR count). The van der Waals surface area contributed by atoms with Gasteiger partial charge in [-0.25, -0.2) is 0 Å². The van der Waals surface area contributed by atoms with Crippen molar-refractivity contribution >= 4 is 59.9 Å². The molecule has 0 N–H and O–H groups in total. The van der Waals surface area contributed by atoms with E-state index in [-0.39, 0.29) is 0 Å². The zero-order valence-electron chi connectivity index (χ0n) is 33.8. The Balaban J connectivity index is 1.01. The average molecular weight is 826 g/mol. The Bertz CT molecular complexity index is 3350. The monoisotopic (exact) mass is 825 g/mol. The minimum atomic E-state index is -0.498. The van der Waals surface area contributed by atoms with Gasteiger partial charge in [-0.1, -0.05) is 182 Å². The van der Waals surface area contributed by atoms with Crippen molar-refractivity contribution in [3.8, 4) is 43.1 Å². The molecule has 0 unspecified atom stereocenters. The van der Waals surface area contributed by atoms with Crippen molar-refractivity contribution in [3.05, 3.63) is 259 Å². The van der Waals surface area contributed by atoms with Crippen LogP contribution in [0, 0.1) is 0 Å². The first-order valence-electron chi connectivity index (χ1n) is 21.2. The van der Waals surface area contributed by atoms with Crippen LogP contribution in [0.25, 0.3) is 63.3 Å². The van der Waals surface area contributed by atoms with Gasteiger partial charge in [0.15, 0.2) is 0 Å². The van der Waals surface area contributed by atoms with Gasteiger partial charge >= 0.3 is 0 Å². The van der Waals surface area contributed by atoms with E-state index in [0.29, 0.717) is 0 Å². The second kappa shape index (κ2) is 15.0. The first kappa shape index (κ1) is 36.5. The summed E-state index contributed by atoms with van der Waals surface area (Å²) < 4.78 is 2.65. The molecule has 11 aromatic rings. The Labute approximate surface area is 370 Å². The zero-order valence-corrected chi connectivity index (χ0v) is 35.4. The summed E-state index contributed by atoms with van der Waals surface area (Å²) in [5.41, 5.74) is 15.5. The first-order valence-corrected chi connectivity index (χ1v) is 22.8. The fourth-order valence-electron chi connectivity index (χ4n) is 9.83. The summed E-state index contributed by atoms with van der Waals surface area (Å²) in [6, 6.07) is 87.2. The molecule has 0 saturated heterocycles. The molecule has 0 radical (unpaired) electrons. The molecular weight excluding hydrogens is 787 g/mol. The minimum absolute atomic E-state index is 0.498. The molecule has 2 aromatic heterocycles. The second-order valence-corrected chi connectivity index (χ2v) is 18.1. The highest BCUT2D eigenvalue weighted by atomic mass is 32.1. The molecule has 3 heteroatoms. The molecule has 0 spiro atoms. The van der Waals surface area contributed by atoms with E-state index in [1.807, 2.05) is 22.7 Å². The van der Waals surface area contributed by atoms with E-state index in [0.717, 1.165) is 17.1 Å². The van der Waals surface area contributed by atoms with Crippen LogP contribution in [-0.2, 0) is 5.41 Å². The summed E-state index contributed by atoms with van der Waals surface area (Å²) in [4.78, 5) is 4.95. The SMILES string of the molecule is c1ccc(-c2ccc(-c3ccc(N(c4ccc(-c5cccc6c5sc5ccccc56)cc4)c4cccc(C5(c6ccccc6)c6ccccc6-c6ccccc65)c4)cc3)s2)cc1. The van der Waals surface area contributed by atoms with E-state index >= 15 is 0 Å². The van der Waals surface area contributed by atoms with Gasteiger partial charge in [0.05, 0.1) is 5.41 Å². The summed E-state index contributed by atoms with van der Waals surface area (Å²) >= 11 is 3.72. The summed E-state index contributed by atoms with van der Waals surface area (Å²) in [6.07, 6.45) is 0. The molecule has 9 aromatic carbocycles. The van der Waals surface area contributed by atoms with Gasteiger partial charge in [-0.3, -0.25) is 0 Å². The Hall–Kier alpha value is -7.30. The second-order valence-electron chi connectivity index (χ2n) is 16.0. The van der Waals surface area contributed by atoms with Crippen molar-refractivity contribution in [2.45, 2.75) is 5.41 Å². The molecule has 0 saturated carbocycles. The molecule has 62 heavy (non-hydrogen) atoms. The van der Waals surface area contributed by atoms with Gasteiger partial charge in [0.25, 0.3) is 0 Å². The predicted molar refractivity (Wildman–Crippen MR) is 266 cm³/mol. The van der Waals surface area contributed by atoms with Crippen LogP contribution in [0.1, 0.15) is 22.3 Å². The highest BCUT2D eigenvalue weighted by Gasteiger charge is 2.46. The number of nitrogens with zero attached hydrogens (tertiary/aromatic N) is 1. The van der Waals surface area contributed by atoms with Crippen molar-refractivity contribution in [3.63, 3.8) is 0 Å². The lowest BCUT2D eigenvalue weighted by Gasteiger charge is -2.35. The van der Waals surface area contributed by atoms with E-state index in [4.69, 9.17) is 0 Å². The van der Waals surface area contributed by atoms with Crippen LogP contribution in [0.3, 0.4) is 0 Å². The normalized spacial score (nSPS) is 12.6. The number of anilines is 3. The fraction of sp³-hybridized carbons (Fsp3) is 0.0169. The Morgan fingerprint density at radius 2 is 0.839 bits per heavy atom. The minimum Gasteiger partial charge on any atom is -0.310 e. The van der Waals surface area contributed by atoms with Crippen molar-refractivity contribution in [2.75, 3.05) is 4.90 Å². The lowest BCUT2D eigenvalue weighted by Crippen LogP contribution is -2.28. The molecule has 0 aliphatic heterocycles. The number of benzene rings is 9. The quantitative estimate of drug-likeness (QED) is 0.148. The van der Waals surface area contributed by atoms with Gasteiger partial charge in [-0.2, -0.15) is 0 Å². The number of hydrogen-bond donors (Lipinski definition) is 0. The van der Waals surface area contributed by atoms with Crippen LogP contribution in [0.5, 0.6) is 0 Å². The first-order chi connectivity index (χ1) is 30.7. The molecule has 1 nitrogen and oxygen atoms in total. The Morgan fingerprint density at radius 3 is 1.53 bits per heavy atom. The van der Waals surface area contributed by atoms with Crippen LogP contribution in [-0.4, -0.2) is 0 Å². The lowest BCUT2D eigenvalue weighted by molar-refractivity contribution is 0.768. The molecule has 0 bridgehead atoms. The molecule has 292 valence electrons. The lowest BCUT2D eigenvalue weighted by atomic mass is 9.67. The van der Waals surface area contributed by atoms with Crippen LogP contribution in [0.4, 0.5) is 17.1 Å². The van der Waals surface area contributed by atoms with Gasteiger partial charge in [-0.15, -0.1) is 22.7 Å². The summed E-state index contributed by atoms with van der Waals surface area (Å²) in [5.74, 6) is 0. The molecule has 2 heterocycles. The maximum absolute atomic E-state index is 2.43. The van der Waals surface area contributed by atoms with Gasteiger partial charge in [0.1, 0.15) is 0 Å². The van der Waals surface area contributed by atoms with E-state index in [2.05, 4.69) is 241 Å². The van der Waals surface area contributed by atoms with Gasteiger partial charge < -0.3 is 4.90 Å². The van der Waals surface area contributed by atoms with E-state index in [1.165, 1.54) is 85.6 Å². The molecular formula is C59H39NS2. The van der Waals surface area contributed by atoms with Crippen molar-refractivity contribution in [2.24, 2.45) is 0 Å². The summed E-state index contributed by atoms with van der Waals surface area (Å²) in [6.45, 7) is 0. The number of fused-ring (bicyclic) bond motifs is 6. The van der Waals surface area contributed by atoms with E-state index in [1.54, 1.807) is 0 Å². The van der Waals surface area contributed by atoms with Crippen LogP contribution in [0.15, 0.2) is 237 Å². The van der Waals surface area contributed by atoms with Gasteiger partial charge in [0, 0.05) is 47.0 Å². The zero-order chi connectivity index (χ0) is 41.0. The third kappa shape index (κ3) is 5.89. The van der Waals surface area contributed by atoms with Crippen LogP contribution >= 0.6 is 22.7 Å². The highest BCUT2D eigenvalue weighted by molar-refractivity contribution is 7.26. The summed E-state index contributed by atoms with van der Waals surface area (Å²) in [7, 11) is 0. The fourth-order valence-corrected chi connectivity index (χ4v) is 12.1. The maximum Gasteiger partial charge on any atom is 0.0714 e. The number of thiophene rings is 2. The Morgan fingerprint density at radius 1 is 0.323 bits per heavy atom. The number of rotatable bonds is 8. The van der Waals surface area contributed by atoms with Gasteiger partial charge in [-0.05, 0) is 110 Å². The van der Waals surface area contributed by atoms with E-state index in [9.17, 15) is 0 Å². The van der Waals surface area contributed by atoms with Crippen LogP contribution in [0.2, 0.25) is 0 Å². The smallest absolute Gasteiger partial charge is 0.0714 e. The molecule has 1 aliphatic rings. The third-order valence-electron chi connectivity index (χ3n) is 12.6. The highest BCUT2D eigenvalue weighted by Crippen LogP contribution is 2.56. The van der Waals surface area contributed by atoms with Crippen molar-refractivity contribution in [1.82, 2.24) is 0 Å². The molecule has 1 aliphatic carbocycles. The summed E-state index contributed by atoms with van der Waals surface area (Å²) in [5, 5.41) is 2.63. The van der Waals surface area contributed by atoms with Crippen LogP contribution < -0.4 is 4.90 Å².